The van der Waals surface area contributed by atoms with E-state index in [1.807, 2.05) is 20.0 Å². The first-order valence-electron chi connectivity index (χ1n) is 10.7. The minimum Gasteiger partial charge on any atom is -0.378 e. The van der Waals surface area contributed by atoms with Gasteiger partial charge in [-0.05, 0) is 31.6 Å². The van der Waals surface area contributed by atoms with Crippen molar-refractivity contribution in [2.24, 2.45) is 5.92 Å². The summed E-state index contributed by atoms with van der Waals surface area (Å²) in [5.41, 5.74) is 0.712. The number of nitrogens with zero attached hydrogens (tertiary/aromatic N) is 4. The van der Waals surface area contributed by atoms with Gasteiger partial charge < -0.3 is 15.0 Å². The Morgan fingerprint density at radius 2 is 1.90 bits per heavy atom. The van der Waals surface area contributed by atoms with E-state index in [0.717, 1.165) is 50.0 Å². The highest BCUT2D eigenvalue weighted by Gasteiger charge is 2.26. The molecule has 10 nitrogen and oxygen atoms in total. The summed E-state index contributed by atoms with van der Waals surface area (Å²) >= 11 is 0. The van der Waals surface area contributed by atoms with Gasteiger partial charge in [0.15, 0.2) is 11.5 Å². The van der Waals surface area contributed by atoms with Crippen LogP contribution in [0.15, 0.2) is 6.20 Å². The molecule has 11 heteroatoms. The van der Waals surface area contributed by atoms with Crippen LogP contribution in [0.25, 0.3) is 11.0 Å². The zero-order chi connectivity index (χ0) is 21.1. The van der Waals surface area contributed by atoms with Crippen molar-refractivity contribution >= 4 is 32.8 Å². The first-order chi connectivity index (χ1) is 14.4. The van der Waals surface area contributed by atoms with E-state index in [1.54, 1.807) is 0 Å². The quantitative estimate of drug-likeness (QED) is 0.595. The molecule has 1 aliphatic heterocycles. The standard InChI is InChI=1S/C19H31N7O3S/c1-13(2)12-30(27,28)25-15-5-3-14(4-6-15)21-19-20-11-16-17(22-19)23-24-18(16)26-7-9-29-10-8-26/h11,13-15,25H,3-10,12H2,1-2H3,(H2,20,21,22,23,24). The largest absolute Gasteiger partial charge is 0.378 e. The smallest absolute Gasteiger partial charge is 0.224 e. The maximum absolute atomic E-state index is 12.2. The van der Waals surface area contributed by atoms with Crippen LogP contribution in [-0.2, 0) is 14.8 Å². The summed E-state index contributed by atoms with van der Waals surface area (Å²) < 4.78 is 32.6. The molecule has 2 fully saturated rings. The molecule has 2 aromatic rings. The number of morpholine rings is 1. The Labute approximate surface area is 177 Å². The molecule has 0 aromatic carbocycles. The average molecular weight is 438 g/mol. The molecule has 1 saturated carbocycles. The number of hydrogen-bond acceptors (Lipinski definition) is 8. The molecule has 3 heterocycles. The molecular weight excluding hydrogens is 406 g/mol. The van der Waals surface area contributed by atoms with Gasteiger partial charge in [0.2, 0.25) is 16.0 Å². The van der Waals surface area contributed by atoms with Crippen LogP contribution in [0.3, 0.4) is 0 Å². The number of hydrogen-bond donors (Lipinski definition) is 3. The fourth-order valence-corrected chi connectivity index (χ4v) is 5.88. The average Bonchev–Trinajstić information content (AvgIpc) is 3.12. The summed E-state index contributed by atoms with van der Waals surface area (Å²) in [6.45, 7) is 6.85. The third-order valence-electron chi connectivity index (χ3n) is 5.57. The van der Waals surface area contributed by atoms with Crippen molar-refractivity contribution < 1.29 is 13.2 Å². The molecule has 0 atom stereocenters. The predicted molar refractivity (Wildman–Crippen MR) is 116 cm³/mol. The van der Waals surface area contributed by atoms with E-state index < -0.39 is 10.0 Å². The van der Waals surface area contributed by atoms with Gasteiger partial charge in [-0.3, -0.25) is 5.10 Å². The second-order valence-electron chi connectivity index (χ2n) is 8.59. The number of aromatic nitrogens is 4. The SMILES string of the molecule is CC(C)CS(=O)(=O)NC1CCC(Nc2ncc3c(N4CCOCC4)n[nH]c3n2)CC1. The number of fused-ring (bicyclic) bond motifs is 1. The Bertz CT molecular complexity index is 948. The lowest BCUT2D eigenvalue weighted by Crippen LogP contribution is -2.41. The molecule has 0 radical (unpaired) electrons. The van der Waals surface area contributed by atoms with Gasteiger partial charge in [-0.2, -0.15) is 10.1 Å². The molecule has 2 aromatic heterocycles. The van der Waals surface area contributed by atoms with Crippen LogP contribution in [0.1, 0.15) is 39.5 Å². The number of H-pyrrole nitrogens is 1. The number of aromatic amines is 1. The number of nitrogens with one attached hydrogen (secondary N) is 3. The molecule has 0 bridgehead atoms. The highest BCUT2D eigenvalue weighted by atomic mass is 32.2. The maximum atomic E-state index is 12.2. The maximum Gasteiger partial charge on any atom is 0.224 e. The Hall–Kier alpha value is -1.98. The lowest BCUT2D eigenvalue weighted by Gasteiger charge is -2.29. The van der Waals surface area contributed by atoms with Crippen LogP contribution < -0.4 is 14.9 Å². The lowest BCUT2D eigenvalue weighted by molar-refractivity contribution is 0.122. The zero-order valence-corrected chi connectivity index (χ0v) is 18.4. The summed E-state index contributed by atoms with van der Waals surface area (Å²) in [4.78, 5) is 11.3. The first kappa shape index (κ1) is 21.3. The summed E-state index contributed by atoms with van der Waals surface area (Å²) in [6, 6.07) is 0.244. The number of sulfonamides is 1. The van der Waals surface area contributed by atoms with Crippen molar-refractivity contribution in [3.05, 3.63) is 6.20 Å². The van der Waals surface area contributed by atoms with Crippen LogP contribution in [0.5, 0.6) is 0 Å². The van der Waals surface area contributed by atoms with Gasteiger partial charge >= 0.3 is 0 Å². The van der Waals surface area contributed by atoms with Crippen LogP contribution in [0, 0.1) is 5.92 Å². The summed E-state index contributed by atoms with van der Waals surface area (Å²) in [5.74, 6) is 1.74. The van der Waals surface area contributed by atoms with E-state index in [2.05, 4.69) is 35.1 Å². The topological polar surface area (TPSA) is 125 Å². The van der Waals surface area contributed by atoms with Gasteiger partial charge in [-0.25, -0.2) is 18.1 Å². The molecule has 30 heavy (non-hydrogen) atoms. The molecule has 4 rings (SSSR count). The third kappa shape index (κ3) is 5.19. The molecule has 0 amide bonds. The first-order valence-corrected chi connectivity index (χ1v) is 12.4. The molecular formula is C19H31N7O3S. The molecule has 1 aliphatic carbocycles. The van der Waals surface area contributed by atoms with Gasteiger partial charge in [-0.15, -0.1) is 0 Å². The van der Waals surface area contributed by atoms with Crippen LogP contribution in [0.2, 0.25) is 0 Å². The van der Waals surface area contributed by atoms with E-state index in [0.29, 0.717) is 24.8 Å². The third-order valence-corrected chi connectivity index (χ3v) is 7.37. The second-order valence-corrected chi connectivity index (χ2v) is 10.4. The highest BCUT2D eigenvalue weighted by Crippen LogP contribution is 2.25. The van der Waals surface area contributed by atoms with Crippen molar-refractivity contribution in [1.29, 1.82) is 0 Å². The Kier molecular flexibility index (Phi) is 6.40. The molecule has 1 saturated heterocycles. The molecule has 0 spiro atoms. The lowest BCUT2D eigenvalue weighted by atomic mass is 9.92. The predicted octanol–water partition coefficient (Wildman–Crippen LogP) is 1.49. The normalized spacial score (nSPS) is 23.2. The van der Waals surface area contributed by atoms with Gasteiger partial charge in [0.05, 0.1) is 24.4 Å². The van der Waals surface area contributed by atoms with Crippen molar-refractivity contribution in [3.8, 4) is 0 Å². The van der Waals surface area contributed by atoms with E-state index in [9.17, 15) is 8.42 Å². The van der Waals surface area contributed by atoms with Crippen molar-refractivity contribution in [1.82, 2.24) is 24.9 Å². The van der Waals surface area contributed by atoms with Crippen LogP contribution in [0.4, 0.5) is 11.8 Å². The van der Waals surface area contributed by atoms with Crippen molar-refractivity contribution in [2.45, 2.75) is 51.6 Å². The number of rotatable bonds is 7. The fourth-order valence-electron chi connectivity index (χ4n) is 4.16. The fraction of sp³-hybridized carbons (Fsp3) is 0.737. The van der Waals surface area contributed by atoms with Gasteiger partial charge in [0.1, 0.15) is 0 Å². The van der Waals surface area contributed by atoms with Crippen molar-refractivity contribution in [3.63, 3.8) is 0 Å². The van der Waals surface area contributed by atoms with E-state index in [1.165, 1.54) is 0 Å². The number of ether oxygens (including phenoxy) is 1. The summed E-state index contributed by atoms with van der Waals surface area (Å²) in [7, 11) is -3.21. The van der Waals surface area contributed by atoms with E-state index >= 15 is 0 Å². The molecule has 166 valence electrons. The van der Waals surface area contributed by atoms with E-state index in [4.69, 9.17) is 4.74 Å². The minimum atomic E-state index is -3.21. The van der Waals surface area contributed by atoms with Crippen LogP contribution >= 0.6 is 0 Å². The van der Waals surface area contributed by atoms with Crippen molar-refractivity contribution in [2.75, 3.05) is 42.3 Å². The molecule has 2 aliphatic rings. The zero-order valence-electron chi connectivity index (χ0n) is 17.6. The van der Waals surface area contributed by atoms with Gasteiger partial charge in [0, 0.05) is 31.4 Å². The second kappa shape index (κ2) is 9.03. The summed E-state index contributed by atoms with van der Waals surface area (Å²) in [5, 5.41) is 11.7. The molecule has 0 unspecified atom stereocenters. The minimum absolute atomic E-state index is 0.0129. The monoisotopic (exact) mass is 437 g/mol. The molecule has 3 N–H and O–H groups in total. The van der Waals surface area contributed by atoms with Crippen LogP contribution in [-0.4, -0.2) is 72.7 Å². The Morgan fingerprint density at radius 1 is 1.20 bits per heavy atom. The Balaban J connectivity index is 1.33. The Morgan fingerprint density at radius 3 is 2.60 bits per heavy atom. The highest BCUT2D eigenvalue weighted by molar-refractivity contribution is 7.89. The van der Waals surface area contributed by atoms with Gasteiger partial charge in [0.25, 0.3) is 0 Å². The van der Waals surface area contributed by atoms with E-state index in [-0.39, 0.29) is 23.8 Å². The summed E-state index contributed by atoms with van der Waals surface area (Å²) in [6.07, 6.45) is 5.17. The van der Waals surface area contributed by atoms with Gasteiger partial charge in [-0.1, -0.05) is 13.8 Å². The number of anilines is 2.